The largest absolute Gasteiger partial charge is 0.267 e. The average molecular weight is 311 g/mol. The van der Waals surface area contributed by atoms with E-state index in [1.54, 1.807) is 0 Å². The molecule has 92 valence electrons. The van der Waals surface area contributed by atoms with E-state index < -0.39 is 0 Å². The monoisotopic (exact) mass is 310 g/mol. The molecule has 2 nitrogen and oxygen atoms in total. The molecule has 0 atom stereocenters. The van der Waals surface area contributed by atoms with E-state index in [1.807, 2.05) is 54.2 Å². The predicted molar refractivity (Wildman–Crippen MR) is 80.8 cm³/mol. The van der Waals surface area contributed by atoms with Crippen molar-refractivity contribution in [3.63, 3.8) is 0 Å². The van der Waals surface area contributed by atoms with Gasteiger partial charge in [0.15, 0.2) is 0 Å². The van der Waals surface area contributed by atoms with E-state index in [-0.39, 0.29) is 0 Å². The van der Waals surface area contributed by atoms with Gasteiger partial charge in [-0.25, -0.2) is 0 Å². The van der Waals surface area contributed by atoms with E-state index in [1.165, 1.54) is 0 Å². The fraction of sp³-hybridized carbons (Fsp3) is 0.0625. The van der Waals surface area contributed by atoms with Crippen LogP contribution >= 0.6 is 15.9 Å². The van der Waals surface area contributed by atoms with Crippen LogP contribution in [0.25, 0.3) is 10.9 Å². The van der Waals surface area contributed by atoms with Gasteiger partial charge in [-0.05, 0) is 36.3 Å². The number of rotatable bonds is 0. The third-order valence-corrected chi connectivity index (χ3v) is 3.41. The van der Waals surface area contributed by atoms with E-state index in [9.17, 15) is 0 Å². The molecular formula is C16H11BrN2. The third kappa shape index (κ3) is 2.40. The molecule has 0 unspecified atom stereocenters. The van der Waals surface area contributed by atoms with Gasteiger partial charge in [-0.1, -0.05) is 40.0 Å². The summed E-state index contributed by atoms with van der Waals surface area (Å²) in [5, 5.41) is 5.55. The first kappa shape index (κ1) is 12.0. The summed E-state index contributed by atoms with van der Waals surface area (Å²) in [6, 6.07) is 16.0. The van der Waals surface area contributed by atoms with Crippen LogP contribution in [-0.4, -0.2) is 9.78 Å². The Kier molecular flexibility index (Phi) is 3.10. The Bertz CT molecular complexity index is 792. The van der Waals surface area contributed by atoms with Gasteiger partial charge in [0.1, 0.15) is 5.69 Å². The summed E-state index contributed by atoms with van der Waals surface area (Å²) in [7, 11) is 1.93. The zero-order valence-corrected chi connectivity index (χ0v) is 12.0. The van der Waals surface area contributed by atoms with Crippen molar-refractivity contribution in [2.45, 2.75) is 0 Å². The van der Waals surface area contributed by atoms with Gasteiger partial charge < -0.3 is 0 Å². The van der Waals surface area contributed by atoms with Gasteiger partial charge in [0.05, 0.1) is 5.52 Å². The van der Waals surface area contributed by atoms with Crippen molar-refractivity contribution in [1.29, 1.82) is 0 Å². The molecule has 0 spiro atoms. The Morgan fingerprint density at radius 2 is 1.84 bits per heavy atom. The van der Waals surface area contributed by atoms with Gasteiger partial charge >= 0.3 is 0 Å². The number of hydrogen-bond donors (Lipinski definition) is 0. The molecule has 0 amide bonds. The second-order valence-electron chi connectivity index (χ2n) is 4.25. The Hall–Kier alpha value is -2.05. The molecule has 3 heteroatoms. The Morgan fingerprint density at radius 1 is 1.05 bits per heavy atom. The topological polar surface area (TPSA) is 17.8 Å². The molecule has 0 bridgehead atoms. The number of fused-ring (bicyclic) bond motifs is 1. The zero-order chi connectivity index (χ0) is 13.2. The molecule has 0 N–H and O–H groups in total. The number of aryl methyl sites for hydroxylation is 1. The second-order valence-corrected chi connectivity index (χ2v) is 5.17. The molecule has 0 saturated heterocycles. The normalized spacial score (nSPS) is 10.2. The smallest absolute Gasteiger partial charge is 0.143 e. The second kappa shape index (κ2) is 4.91. The Labute approximate surface area is 120 Å². The average Bonchev–Trinajstić information content (AvgIpc) is 2.74. The predicted octanol–water partition coefficient (Wildman–Crippen LogP) is 3.74. The molecular weight excluding hydrogens is 300 g/mol. The van der Waals surface area contributed by atoms with Crippen molar-refractivity contribution >= 4 is 26.8 Å². The molecule has 19 heavy (non-hydrogen) atoms. The number of aromatic nitrogens is 2. The highest BCUT2D eigenvalue weighted by Gasteiger charge is 2.06. The minimum Gasteiger partial charge on any atom is -0.267 e. The lowest BCUT2D eigenvalue weighted by molar-refractivity contribution is 0.792. The van der Waals surface area contributed by atoms with Gasteiger partial charge in [0, 0.05) is 22.5 Å². The van der Waals surface area contributed by atoms with Gasteiger partial charge in [0.25, 0.3) is 0 Å². The van der Waals surface area contributed by atoms with E-state index >= 15 is 0 Å². The minimum atomic E-state index is 0.814. The van der Waals surface area contributed by atoms with Crippen LogP contribution in [-0.2, 0) is 7.05 Å². The highest BCUT2D eigenvalue weighted by atomic mass is 79.9. The summed E-state index contributed by atoms with van der Waals surface area (Å²) in [5.74, 6) is 6.29. The van der Waals surface area contributed by atoms with Crippen molar-refractivity contribution in [2.24, 2.45) is 7.05 Å². The zero-order valence-electron chi connectivity index (χ0n) is 10.4. The van der Waals surface area contributed by atoms with E-state index in [0.29, 0.717) is 0 Å². The molecule has 1 aromatic heterocycles. The van der Waals surface area contributed by atoms with E-state index in [4.69, 9.17) is 0 Å². The van der Waals surface area contributed by atoms with Crippen LogP contribution in [0.15, 0.2) is 53.0 Å². The standard InChI is InChI=1S/C16H11BrN2/c1-19-16-11-13(17)8-9-14(16)15(18-19)10-7-12-5-3-2-4-6-12/h2-6,8-9,11H,1H3. The molecule has 0 fully saturated rings. The van der Waals surface area contributed by atoms with Crippen molar-refractivity contribution in [3.05, 3.63) is 64.3 Å². The number of nitrogens with zero attached hydrogens (tertiary/aromatic N) is 2. The number of benzene rings is 2. The molecule has 0 aliphatic carbocycles. The van der Waals surface area contributed by atoms with Crippen LogP contribution in [0.5, 0.6) is 0 Å². The number of halogens is 1. The van der Waals surface area contributed by atoms with Crippen molar-refractivity contribution < 1.29 is 0 Å². The Balaban J connectivity index is 2.10. The van der Waals surface area contributed by atoms with Crippen LogP contribution in [0, 0.1) is 11.8 Å². The highest BCUT2D eigenvalue weighted by molar-refractivity contribution is 9.10. The molecule has 1 heterocycles. The van der Waals surface area contributed by atoms with E-state index in [0.717, 1.165) is 26.6 Å². The summed E-state index contributed by atoms with van der Waals surface area (Å²) in [4.78, 5) is 0. The summed E-state index contributed by atoms with van der Waals surface area (Å²) in [6.45, 7) is 0. The lowest BCUT2D eigenvalue weighted by Crippen LogP contribution is -1.89. The van der Waals surface area contributed by atoms with Gasteiger partial charge in [-0.15, -0.1) is 0 Å². The van der Waals surface area contributed by atoms with Crippen LogP contribution in [0.2, 0.25) is 0 Å². The first-order chi connectivity index (χ1) is 9.24. The van der Waals surface area contributed by atoms with Gasteiger partial charge in [-0.3, -0.25) is 4.68 Å². The SMILES string of the molecule is Cn1nc(C#Cc2ccccc2)c2ccc(Br)cc21. The fourth-order valence-electron chi connectivity index (χ4n) is 1.98. The van der Waals surface area contributed by atoms with Gasteiger partial charge in [-0.2, -0.15) is 5.10 Å². The highest BCUT2D eigenvalue weighted by Crippen LogP contribution is 2.21. The van der Waals surface area contributed by atoms with Crippen molar-refractivity contribution in [1.82, 2.24) is 9.78 Å². The van der Waals surface area contributed by atoms with Gasteiger partial charge in [0.2, 0.25) is 0 Å². The maximum absolute atomic E-state index is 4.47. The summed E-state index contributed by atoms with van der Waals surface area (Å²) in [5.41, 5.74) is 2.89. The number of hydrogen-bond acceptors (Lipinski definition) is 1. The molecule has 0 saturated carbocycles. The maximum Gasteiger partial charge on any atom is 0.143 e. The summed E-state index contributed by atoms with van der Waals surface area (Å²) in [6.07, 6.45) is 0. The molecule has 3 rings (SSSR count). The van der Waals surface area contributed by atoms with Crippen LogP contribution < -0.4 is 0 Å². The van der Waals surface area contributed by atoms with Crippen LogP contribution in [0.1, 0.15) is 11.3 Å². The molecule has 3 aromatic rings. The maximum atomic E-state index is 4.47. The molecule has 0 aliphatic heterocycles. The molecule has 0 radical (unpaired) electrons. The molecule has 2 aromatic carbocycles. The third-order valence-electron chi connectivity index (χ3n) is 2.91. The van der Waals surface area contributed by atoms with Crippen molar-refractivity contribution in [3.8, 4) is 11.8 Å². The van der Waals surface area contributed by atoms with E-state index in [2.05, 4.69) is 38.9 Å². The lowest BCUT2D eigenvalue weighted by atomic mass is 10.2. The fourth-order valence-corrected chi connectivity index (χ4v) is 2.32. The quantitative estimate of drug-likeness (QED) is 0.578. The summed E-state index contributed by atoms with van der Waals surface area (Å²) < 4.78 is 2.90. The Morgan fingerprint density at radius 3 is 2.63 bits per heavy atom. The lowest BCUT2D eigenvalue weighted by Gasteiger charge is -1.93. The molecule has 0 aliphatic rings. The summed E-state index contributed by atoms with van der Waals surface area (Å²) >= 11 is 3.47. The van der Waals surface area contributed by atoms with Crippen LogP contribution in [0.4, 0.5) is 0 Å². The minimum absolute atomic E-state index is 0.814. The first-order valence-electron chi connectivity index (χ1n) is 5.93. The van der Waals surface area contributed by atoms with Crippen LogP contribution in [0.3, 0.4) is 0 Å². The first-order valence-corrected chi connectivity index (χ1v) is 6.73. The van der Waals surface area contributed by atoms with Crippen molar-refractivity contribution in [2.75, 3.05) is 0 Å².